The van der Waals surface area contributed by atoms with Crippen LogP contribution < -0.4 is 5.32 Å². The monoisotopic (exact) mass is 376 g/mol. The van der Waals surface area contributed by atoms with Gasteiger partial charge in [0.25, 0.3) is 0 Å². The second kappa shape index (κ2) is 10.2. The lowest BCUT2D eigenvalue weighted by Gasteiger charge is -2.15. The van der Waals surface area contributed by atoms with Gasteiger partial charge in [0.15, 0.2) is 0 Å². The Morgan fingerprint density at radius 3 is 2.58 bits per heavy atom. The van der Waals surface area contributed by atoms with Crippen molar-refractivity contribution < 1.29 is 4.79 Å². The highest BCUT2D eigenvalue weighted by molar-refractivity contribution is 7.71. The summed E-state index contributed by atoms with van der Waals surface area (Å²) >= 11 is 5.49. The van der Waals surface area contributed by atoms with Crippen LogP contribution in [0.25, 0.3) is 5.69 Å². The Balaban J connectivity index is 2.00. The van der Waals surface area contributed by atoms with Crippen molar-refractivity contribution in [2.75, 3.05) is 20.1 Å². The van der Waals surface area contributed by atoms with Crippen molar-refractivity contribution in [3.63, 3.8) is 0 Å². The van der Waals surface area contributed by atoms with Gasteiger partial charge in [0.1, 0.15) is 0 Å². The van der Waals surface area contributed by atoms with E-state index < -0.39 is 0 Å². The van der Waals surface area contributed by atoms with Gasteiger partial charge in [-0.15, -0.1) is 0 Å². The normalized spacial score (nSPS) is 11.1. The lowest BCUT2D eigenvalue weighted by Crippen LogP contribution is -2.36. The van der Waals surface area contributed by atoms with Crippen LogP contribution in [0.5, 0.6) is 0 Å². The fourth-order valence-corrected chi connectivity index (χ4v) is 2.79. The summed E-state index contributed by atoms with van der Waals surface area (Å²) in [6, 6.07) is 8.25. The molecule has 142 valence electrons. The molecule has 2 rings (SSSR count). The van der Waals surface area contributed by atoms with E-state index in [9.17, 15) is 4.79 Å². The van der Waals surface area contributed by atoms with E-state index in [-0.39, 0.29) is 5.91 Å². The van der Waals surface area contributed by atoms with Crippen molar-refractivity contribution in [2.45, 2.75) is 46.2 Å². The Bertz CT molecular complexity index is 752. The Morgan fingerprint density at radius 1 is 1.19 bits per heavy atom. The van der Waals surface area contributed by atoms with E-state index in [1.54, 1.807) is 9.36 Å². The van der Waals surface area contributed by atoms with Gasteiger partial charge in [-0.2, -0.15) is 4.68 Å². The van der Waals surface area contributed by atoms with Gasteiger partial charge in [-0.1, -0.05) is 32.4 Å². The molecule has 8 heteroatoms. The second-order valence-electron chi connectivity index (χ2n) is 6.45. The number of tetrazole rings is 1. The van der Waals surface area contributed by atoms with Crippen LogP contribution in [0.4, 0.5) is 0 Å². The first-order valence-corrected chi connectivity index (χ1v) is 9.53. The minimum Gasteiger partial charge on any atom is -0.355 e. The van der Waals surface area contributed by atoms with Gasteiger partial charge in [0.05, 0.1) is 18.9 Å². The molecule has 26 heavy (non-hydrogen) atoms. The lowest BCUT2D eigenvalue weighted by atomic mass is 10.1. The van der Waals surface area contributed by atoms with Gasteiger partial charge < -0.3 is 5.32 Å². The van der Waals surface area contributed by atoms with E-state index in [1.165, 1.54) is 18.4 Å². The number of carbonyl (C=O) groups excluding carboxylic acids is 1. The summed E-state index contributed by atoms with van der Waals surface area (Å²) in [4.78, 5) is 13.6. The van der Waals surface area contributed by atoms with Gasteiger partial charge in [-0.3, -0.25) is 9.69 Å². The predicted octanol–water partition coefficient (Wildman–Crippen LogP) is 2.56. The van der Waals surface area contributed by atoms with E-state index in [1.807, 2.05) is 31.0 Å². The Labute approximate surface area is 160 Å². The molecular weight excluding hydrogens is 348 g/mol. The number of aryl methyl sites for hydroxylation is 1. The third-order valence-corrected chi connectivity index (χ3v) is 4.38. The molecule has 1 aromatic heterocycles. The van der Waals surface area contributed by atoms with Gasteiger partial charge >= 0.3 is 0 Å². The molecule has 0 aliphatic rings. The van der Waals surface area contributed by atoms with Crippen LogP contribution in [0.2, 0.25) is 0 Å². The van der Waals surface area contributed by atoms with Crippen LogP contribution in [-0.2, 0) is 17.9 Å². The smallest absolute Gasteiger partial charge is 0.234 e. The number of rotatable bonds is 10. The number of hydrogen-bond acceptors (Lipinski definition) is 5. The average Bonchev–Trinajstić information content (AvgIpc) is 2.99. The van der Waals surface area contributed by atoms with Gasteiger partial charge in [-0.25, -0.2) is 4.68 Å². The summed E-state index contributed by atoms with van der Waals surface area (Å²) in [6.07, 6.45) is 4.38. The maximum Gasteiger partial charge on any atom is 0.234 e. The second-order valence-corrected chi connectivity index (χ2v) is 6.81. The first kappa shape index (κ1) is 20.3. The van der Waals surface area contributed by atoms with Crippen molar-refractivity contribution in [3.05, 3.63) is 34.6 Å². The lowest BCUT2D eigenvalue weighted by molar-refractivity contribution is -0.122. The molecule has 0 aliphatic carbocycles. The molecular formula is C18H28N6OS. The van der Waals surface area contributed by atoms with Crippen molar-refractivity contribution in [2.24, 2.45) is 0 Å². The van der Waals surface area contributed by atoms with E-state index in [4.69, 9.17) is 12.2 Å². The minimum atomic E-state index is -0.00377. The number of benzene rings is 1. The Hall–Kier alpha value is -2.06. The maximum atomic E-state index is 11.8. The van der Waals surface area contributed by atoms with E-state index in [0.717, 1.165) is 18.5 Å². The fraction of sp³-hybridized carbons (Fsp3) is 0.556. The quantitative estimate of drug-likeness (QED) is 0.646. The first-order valence-electron chi connectivity index (χ1n) is 9.12. The number of unbranched alkanes of at least 4 members (excludes halogenated alkanes) is 1. The highest BCUT2D eigenvalue weighted by Gasteiger charge is 2.10. The molecule has 0 aliphatic heterocycles. The fourth-order valence-electron chi connectivity index (χ4n) is 2.55. The summed E-state index contributed by atoms with van der Waals surface area (Å²) in [6.45, 7) is 5.61. The summed E-state index contributed by atoms with van der Waals surface area (Å²) in [5.74, 6) is -0.00377. The number of amides is 1. The molecule has 0 saturated heterocycles. The van der Waals surface area contributed by atoms with Crippen LogP contribution in [0, 0.1) is 4.77 Å². The van der Waals surface area contributed by atoms with Gasteiger partial charge in [-0.05, 0) is 66.7 Å². The van der Waals surface area contributed by atoms with Crippen LogP contribution in [-0.4, -0.2) is 50.7 Å². The zero-order valence-corrected chi connectivity index (χ0v) is 16.6. The zero-order valence-electron chi connectivity index (χ0n) is 15.8. The zero-order chi connectivity index (χ0) is 18.9. The van der Waals surface area contributed by atoms with Crippen molar-refractivity contribution >= 4 is 18.1 Å². The molecule has 0 spiro atoms. The van der Waals surface area contributed by atoms with Crippen LogP contribution in [0.15, 0.2) is 24.3 Å². The van der Waals surface area contributed by atoms with E-state index in [0.29, 0.717) is 24.5 Å². The third kappa shape index (κ3) is 5.74. The molecule has 0 atom stereocenters. The molecule has 0 bridgehead atoms. The molecule has 7 nitrogen and oxygen atoms in total. The standard InChI is InChI=1S/C18H28N6OS/c1-4-6-7-15-8-10-16(11-9-15)24-18(26)23(20-21-24)14-22(3)13-17(25)19-12-5-2/h8-11H,4-7,12-14H2,1-3H3,(H,19,25). The van der Waals surface area contributed by atoms with Crippen molar-refractivity contribution in [1.29, 1.82) is 0 Å². The molecule has 1 N–H and O–H groups in total. The molecule has 0 fully saturated rings. The van der Waals surface area contributed by atoms with Gasteiger partial charge in [0.2, 0.25) is 10.7 Å². The highest BCUT2D eigenvalue weighted by Crippen LogP contribution is 2.11. The summed E-state index contributed by atoms with van der Waals surface area (Å²) < 4.78 is 3.77. The largest absolute Gasteiger partial charge is 0.355 e. The van der Waals surface area contributed by atoms with Crippen molar-refractivity contribution in [3.8, 4) is 5.69 Å². The van der Waals surface area contributed by atoms with E-state index >= 15 is 0 Å². The SMILES string of the molecule is CCCCc1ccc(-n2nnn(CN(C)CC(=O)NCCC)c2=S)cc1. The molecule has 2 aromatic rings. The van der Waals surface area contributed by atoms with Crippen LogP contribution >= 0.6 is 12.2 Å². The minimum absolute atomic E-state index is 0.00377. The van der Waals surface area contributed by atoms with E-state index in [2.05, 4.69) is 34.8 Å². The molecule has 1 aromatic carbocycles. The Kier molecular flexibility index (Phi) is 7.93. The van der Waals surface area contributed by atoms with Crippen molar-refractivity contribution in [1.82, 2.24) is 30.0 Å². The van der Waals surface area contributed by atoms with Gasteiger partial charge in [0, 0.05) is 6.54 Å². The first-order chi connectivity index (χ1) is 12.5. The number of nitrogens with zero attached hydrogens (tertiary/aromatic N) is 5. The Morgan fingerprint density at radius 2 is 1.92 bits per heavy atom. The molecule has 0 unspecified atom stereocenters. The number of hydrogen-bond donors (Lipinski definition) is 1. The van der Waals surface area contributed by atoms with Crippen LogP contribution in [0.1, 0.15) is 38.7 Å². The molecule has 1 amide bonds. The number of aromatic nitrogens is 4. The summed E-state index contributed by atoms with van der Waals surface area (Å²) in [7, 11) is 1.86. The highest BCUT2D eigenvalue weighted by atomic mass is 32.1. The maximum absolute atomic E-state index is 11.8. The molecule has 1 heterocycles. The molecule has 0 saturated carbocycles. The molecule has 0 radical (unpaired) electrons. The number of likely N-dealkylation sites (N-methyl/N-ethyl adjacent to an activating group) is 1. The topological polar surface area (TPSA) is 68.0 Å². The summed E-state index contributed by atoms with van der Waals surface area (Å²) in [5.41, 5.74) is 2.21. The van der Waals surface area contributed by atoms with Crippen LogP contribution in [0.3, 0.4) is 0 Å². The average molecular weight is 377 g/mol. The number of carbonyl (C=O) groups is 1. The predicted molar refractivity (Wildman–Crippen MR) is 105 cm³/mol. The third-order valence-electron chi connectivity index (χ3n) is 4.00. The number of nitrogens with one attached hydrogen (secondary N) is 1. The summed E-state index contributed by atoms with van der Waals surface area (Å²) in [5, 5.41) is 11.1.